The van der Waals surface area contributed by atoms with Gasteiger partial charge in [-0.25, -0.2) is 10.0 Å². The van der Waals surface area contributed by atoms with Crippen molar-refractivity contribution in [2.75, 3.05) is 23.0 Å². The number of carbonyl (C=O) groups is 1. The van der Waals surface area contributed by atoms with E-state index in [-0.39, 0.29) is 51.4 Å². The SMILES string of the molecule is CCCS(CCC)(CCC)CC(=O)O.[KH]. The van der Waals surface area contributed by atoms with E-state index in [0.717, 1.165) is 36.5 Å². The Morgan fingerprint density at radius 3 is 1.53 bits per heavy atom. The molecule has 0 saturated carbocycles. The molecule has 4 heteroatoms. The van der Waals surface area contributed by atoms with E-state index in [9.17, 15) is 4.79 Å². The third-order valence-corrected chi connectivity index (χ3v) is 7.02. The van der Waals surface area contributed by atoms with E-state index in [0.29, 0.717) is 5.75 Å². The summed E-state index contributed by atoms with van der Waals surface area (Å²) in [6.07, 6.45) is 3.38. The van der Waals surface area contributed by atoms with Gasteiger partial charge in [0.05, 0.1) is 5.75 Å². The number of hydrogen-bond donors (Lipinski definition) is 1. The van der Waals surface area contributed by atoms with Crippen molar-refractivity contribution in [3.05, 3.63) is 0 Å². The van der Waals surface area contributed by atoms with Crippen LogP contribution in [0.15, 0.2) is 0 Å². The standard InChI is InChI=1S/C11H24O2S.K.H/c1-4-7-14(8-5-2,9-6-3)10-11(12)13;;/h4-10H2,1-3H3,(H,12,13);;. The second-order valence-electron chi connectivity index (χ2n) is 3.88. The molecular formula is C11H25KO2S. The first-order chi connectivity index (χ1) is 6.60. The Hall–Kier alpha value is 1.46. The van der Waals surface area contributed by atoms with Gasteiger partial charge in [0.25, 0.3) is 0 Å². The molecule has 0 radical (unpaired) electrons. The van der Waals surface area contributed by atoms with Crippen LogP contribution < -0.4 is 0 Å². The van der Waals surface area contributed by atoms with Crippen molar-refractivity contribution in [3.8, 4) is 0 Å². The van der Waals surface area contributed by atoms with Gasteiger partial charge in [-0.2, -0.15) is 0 Å². The van der Waals surface area contributed by atoms with Gasteiger partial charge in [-0.05, 0) is 36.5 Å². The molecule has 15 heavy (non-hydrogen) atoms. The molecule has 0 saturated heterocycles. The Morgan fingerprint density at radius 2 is 1.33 bits per heavy atom. The van der Waals surface area contributed by atoms with Gasteiger partial charge in [0.1, 0.15) is 0 Å². The predicted molar refractivity (Wildman–Crippen MR) is 72.7 cm³/mol. The molecule has 1 N–H and O–H groups in total. The topological polar surface area (TPSA) is 37.3 Å². The molecule has 88 valence electrons. The molecule has 0 aliphatic rings. The van der Waals surface area contributed by atoms with Gasteiger partial charge in [-0.1, -0.05) is 20.8 Å². The summed E-state index contributed by atoms with van der Waals surface area (Å²) in [5.41, 5.74) is 0. The zero-order chi connectivity index (χ0) is 11.0. The molecule has 0 amide bonds. The average molecular weight is 260 g/mol. The molecule has 0 fully saturated rings. The third kappa shape index (κ3) is 8.22. The van der Waals surface area contributed by atoms with Crippen LogP contribution in [0.5, 0.6) is 0 Å². The Morgan fingerprint density at radius 1 is 1.00 bits per heavy atom. The Balaban J connectivity index is 0. The summed E-state index contributed by atoms with van der Waals surface area (Å²) in [6.45, 7) is 6.48. The maximum absolute atomic E-state index is 10.9. The molecule has 0 aromatic heterocycles. The zero-order valence-corrected chi connectivity index (χ0v) is 10.5. The van der Waals surface area contributed by atoms with Gasteiger partial charge in [-0.15, -0.1) is 0 Å². The summed E-state index contributed by atoms with van der Waals surface area (Å²) >= 11 is 0. The summed E-state index contributed by atoms with van der Waals surface area (Å²) in [7, 11) is -0.845. The average Bonchev–Trinajstić information content (AvgIpc) is 2.03. The molecule has 0 aromatic carbocycles. The van der Waals surface area contributed by atoms with E-state index in [4.69, 9.17) is 5.11 Å². The summed E-state index contributed by atoms with van der Waals surface area (Å²) in [6, 6.07) is 0. The summed E-state index contributed by atoms with van der Waals surface area (Å²) < 4.78 is 0. The van der Waals surface area contributed by atoms with Gasteiger partial charge in [0.2, 0.25) is 0 Å². The zero-order valence-electron chi connectivity index (χ0n) is 9.71. The van der Waals surface area contributed by atoms with E-state index in [1.54, 1.807) is 0 Å². The van der Waals surface area contributed by atoms with Crippen LogP contribution in [0.25, 0.3) is 0 Å². The van der Waals surface area contributed by atoms with Crippen molar-refractivity contribution < 1.29 is 9.90 Å². The molecule has 0 heterocycles. The monoisotopic (exact) mass is 260 g/mol. The first-order valence-corrected chi connectivity index (χ1v) is 7.87. The first-order valence-electron chi connectivity index (χ1n) is 5.56. The number of carboxylic acid groups (broad SMARTS) is 1. The fourth-order valence-electron chi connectivity index (χ4n) is 2.08. The Labute approximate surface area is 138 Å². The fourth-order valence-corrected chi connectivity index (χ4v) is 6.25. The van der Waals surface area contributed by atoms with Crippen LogP contribution in [-0.2, 0) is 4.79 Å². The van der Waals surface area contributed by atoms with Crippen LogP contribution in [0.1, 0.15) is 40.0 Å². The molecule has 0 unspecified atom stereocenters. The van der Waals surface area contributed by atoms with Gasteiger partial charge < -0.3 is 5.11 Å². The third-order valence-electron chi connectivity index (χ3n) is 2.34. The van der Waals surface area contributed by atoms with Crippen LogP contribution in [0, 0.1) is 0 Å². The first kappa shape index (κ1) is 18.8. The number of rotatable bonds is 8. The van der Waals surface area contributed by atoms with Gasteiger partial charge in [0, 0.05) is 0 Å². The van der Waals surface area contributed by atoms with E-state index >= 15 is 0 Å². The minimum atomic E-state index is -0.845. The van der Waals surface area contributed by atoms with Gasteiger partial charge >= 0.3 is 57.4 Å². The van der Waals surface area contributed by atoms with Crippen LogP contribution >= 0.6 is 10.0 Å². The van der Waals surface area contributed by atoms with Crippen molar-refractivity contribution in [1.29, 1.82) is 0 Å². The molecule has 0 bridgehead atoms. The second-order valence-corrected chi connectivity index (χ2v) is 7.84. The Bertz CT molecular complexity index is 157. The van der Waals surface area contributed by atoms with Crippen molar-refractivity contribution in [2.24, 2.45) is 0 Å². The molecule has 0 atom stereocenters. The normalized spacial score (nSPS) is 11.9. The van der Waals surface area contributed by atoms with E-state index in [1.165, 1.54) is 0 Å². The molecule has 0 spiro atoms. The molecule has 0 aliphatic carbocycles. The van der Waals surface area contributed by atoms with Crippen molar-refractivity contribution >= 4 is 67.4 Å². The number of aliphatic carboxylic acids is 1. The summed E-state index contributed by atoms with van der Waals surface area (Å²) in [4.78, 5) is 10.9. The molecular weight excluding hydrogens is 235 g/mol. The second kappa shape index (κ2) is 10.6. The summed E-state index contributed by atoms with van der Waals surface area (Å²) in [5.74, 6) is 3.25. The van der Waals surface area contributed by atoms with E-state index in [2.05, 4.69) is 20.8 Å². The summed E-state index contributed by atoms with van der Waals surface area (Å²) in [5, 5.41) is 8.95. The molecule has 2 nitrogen and oxygen atoms in total. The Kier molecular flexibility index (Phi) is 13.3. The van der Waals surface area contributed by atoms with Crippen molar-refractivity contribution in [1.82, 2.24) is 0 Å². The molecule has 0 aliphatic heterocycles. The van der Waals surface area contributed by atoms with Crippen LogP contribution in [0.4, 0.5) is 0 Å². The van der Waals surface area contributed by atoms with E-state index in [1.807, 2.05) is 0 Å². The van der Waals surface area contributed by atoms with Crippen molar-refractivity contribution in [2.45, 2.75) is 40.0 Å². The molecule has 0 aromatic rings. The quantitative estimate of drug-likeness (QED) is 0.681. The van der Waals surface area contributed by atoms with Crippen molar-refractivity contribution in [3.63, 3.8) is 0 Å². The fraction of sp³-hybridized carbons (Fsp3) is 0.909. The number of carboxylic acids is 1. The molecule has 0 rings (SSSR count). The van der Waals surface area contributed by atoms with Gasteiger partial charge in [0.15, 0.2) is 0 Å². The van der Waals surface area contributed by atoms with Gasteiger partial charge in [-0.3, -0.25) is 4.79 Å². The number of hydrogen-bond acceptors (Lipinski definition) is 1. The van der Waals surface area contributed by atoms with Crippen LogP contribution in [0.2, 0.25) is 0 Å². The predicted octanol–water partition coefficient (Wildman–Crippen LogP) is 2.46. The van der Waals surface area contributed by atoms with E-state index < -0.39 is 16.0 Å². The minimum absolute atomic E-state index is 0. The van der Waals surface area contributed by atoms with Crippen LogP contribution in [0.3, 0.4) is 0 Å². The maximum atomic E-state index is 10.9. The van der Waals surface area contributed by atoms with Crippen LogP contribution in [-0.4, -0.2) is 85.5 Å².